The quantitative estimate of drug-likeness (QED) is 0.704. The topological polar surface area (TPSA) is 101 Å². The Bertz CT molecular complexity index is 475. The van der Waals surface area contributed by atoms with E-state index in [0.29, 0.717) is 0 Å². The summed E-state index contributed by atoms with van der Waals surface area (Å²) >= 11 is 1.28. The second kappa shape index (κ2) is 6.77. The van der Waals surface area contributed by atoms with Gasteiger partial charge in [0.15, 0.2) is 5.75 Å². The van der Waals surface area contributed by atoms with Gasteiger partial charge in [-0.1, -0.05) is 13.8 Å². The molecule has 0 saturated carbocycles. The van der Waals surface area contributed by atoms with Crippen LogP contribution in [0.4, 0.5) is 0 Å². The average Bonchev–Trinajstić information content (AvgIpc) is 2.73. The van der Waals surface area contributed by atoms with Gasteiger partial charge in [-0.2, -0.15) is 4.31 Å². The van der Waals surface area contributed by atoms with E-state index >= 15 is 0 Å². The Balaban J connectivity index is 3.02. The molecule has 0 aromatic heterocycles. The Morgan fingerprint density at radius 2 is 2.05 bits per heavy atom. The smallest absolute Gasteiger partial charge is 0.322 e. The van der Waals surface area contributed by atoms with Crippen LogP contribution < -0.4 is 0 Å². The number of hydrogen-bond acceptors (Lipinski definition) is 6. The summed E-state index contributed by atoms with van der Waals surface area (Å²) in [5.74, 6) is -2.76. The van der Waals surface area contributed by atoms with Crippen LogP contribution in [-0.2, 0) is 24.3 Å². The maximum atomic E-state index is 12.3. The molecule has 0 amide bonds. The van der Waals surface area contributed by atoms with E-state index in [1.165, 1.54) is 11.8 Å². The van der Waals surface area contributed by atoms with Gasteiger partial charge in [0.2, 0.25) is 10.0 Å². The third kappa shape index (κ3) is 3.86. The summed E-state index contributed by atoms with van der Waals surface area (Å²) in [5, 5.41) is 8.67. The Hall–Kier alpha value is -0.800. The van der Waals surface area contributed by atoms with Gasteiger partial charge in [-0.05, 0) is 12.8 Å². The Kier molecular flexibility index (Phi) is 5.84. The number of esters is 1. The summed E-state index contributed by atoms with van der Waals surface area (Å²) in [4.78, 5) is 22.6. The van der Waals surface area contributed by atoms with Gasteiger partial charge in [-0.15, -0.1) is 11.8 Å². The third-order valence-electron chi connectivity index (χ3n) is 2.77. The summed E-state index contributed by atoms with van der Waals surface area (Å²) in [5.41, 5.74) is 0. The zero-order valence-corrected chi connectivity index (χ0v) is 13.2. The molecule has 116 valence electrons. The highest BCUT2D eigenvalue weighted by Gasteiger charge is 2.47. The van der Waals surface area contributed by atoms with Gasteiger partial charge in [0.05, 0.1) is 12.0 Å². The zero-order chi connectivity index (χ0) is 15.5. The first-order valence-electron chi connectivity index (χ1n) is 6.22. The van der Waals surface area contributed by atoms with Crippen molar-refractivity contribution < 1.29 is 27.9 Å². The fourth-order valence-electron chi connectivity index (χ4n) is 1.96. The number of thioether (sulfide) groups is 1. The van der Waals surface area contributed by atoms with Crippen LogP contribution in [0.3, 0.4) is 0 Å². The molecule has 0 bridgehead atoms. The second-order valence-corrected chi connectivity index (χ2v) is 7.74. The van der Waals surface area contributed by atoms with Crippen LogP contribution in [0.1, 0.15) is 20.8 Å². The molecule has 0 radical (unpaired) electrons. The van der Waals surface area contributed by atoms with Crippen LogP contribution in [0.5, 0.6) is 0 Å². The van der Waals surface area contributed by atoms with Crippen molar-refractivity contribution in [3.63, 3.8) is 0 Å². The van der Waals surface area contributed by atoms with Crippen molar-refractivity contribution in [2.75, 3.05) is 18.1 Å². The zero-order valence-electron chi connectivity index (χ0n) is 11.6. The van der Waals surface area contributed by atoms with Crippen molar-refractivity contribution in [2.45, 2.75) is 32.2 Å². The van der Waals surface area contributed by atoms with Crippen LogP contribution in [0.15, 0.2) is 0 Å². The first kappa shape index (κ1) is 17.3. The molecular formula is C11H19NO6S2. The lowest BCUT2D eigenvalue weighted by molar-refractivity contribution is -0.142. The molecule has 1 heterocycles. The number of carbonyl (C=O) groups excluding carboxylic acids is 1. The molecule has 0 aliphatic carbocycles. The van der Waals surface area contributed by atoms with E-state index in [9.17, 15) is 18.0 Å². The number of ether oxygens (including phenoxy) is 1. The van der Waals surface area contributed by atoms with E-state index in [1.807, 2.05) is 13.8 Å². The summed E-state index contributed by atoms with van der Waals surface area (Å²) in [6.45, 7) is 5.29. The second-order valence-electron chi connectivity index (χ2n) is 4.71. The van der Waals surface area contributed by atoms with E-state index in [4.69, 9.17) is 5.11 Å². The highest BCUT2D eigenvalue weighted by Crippen LogP contribution is 2.36. The molecule has 0 aromatic carbocycles. The summed E-state index contributed by atoms with van der Waals surface area (Å²) in [7, 11) is -4.01. The Morgan fingerprint density at radius 3 is 2.50 bits per heavy atom. The molecule has 20 heavy (non-hydrogen) atoms. The van der Waals surface area contributed by atoms with Gasteiger partial charge in [0.1, 0.15) is 6.04 Å². The highest BCUT2D eigenvalue weighted by atomic mass is 32.2. The van der Waals surface area contributed by atoms with Crippen LogP contribution in [0.25, 0.3) is 0 Å². The monoisotopic (exact) mass is 325 g/mol. The van der Waals surface area contributed by atoms with Gasteiger partial charge < -0.3 is 9.84 Å². The molecule has 1 N–H and O–H groups in total. The predicted molar refractivity (Wildman–Crippen MR) is 74.8 cm³/mol. The van der Waals surface area contributed by atoms with E-state index in [0.717, 1.165) is 4.31 Å². The minimum atomic E-state index is -4.01. The van der Waals surface area contributed by atoms with Crippen LogP contribution in [0, 0.1) is 5.92 Å². The lowest BCUT2D eigenvalue weighted by Gasteiger charge is -2.28. The molecule has 1 aliphatic heterocycles. The van der Waals surface area contributed by atoms with E-state index in [2.05, 4.69) is 4.74 Å². The molecule has 1 fully saturated rings. The number of sulfonamides is 1. The number of carbonyl (C=O) groups is 2. The predicted octanol–water partition coefficient (Wildman–Crippen LogP) is 0.363. The molecule has 9 heteroatoms. The van der Waals surface area contributed by atoms with Crippen molar-refractivity contribution in [3.8, 4) is 0 Å². The molecule has 0 spiro atoms. The van der Waals surface area contributed by atoms with Gasteiger partial charge >= 0.3 is 11.9 Å². The SMILES string of the molecule is CCOC(=O)CS(=O)(=O)N1C(C(=O)O)CSC1C(C)C. The van der Waals surface area contributed by atoms with Gasteiger partial charge in [0.25, 0.3) is 0 Å². The van der Waals surface area contributed by atoms with Gasteiger partial charge in [-0.25, -0.2) is 8.42 Å². The molecule has 2 unspecified atom stereocenters. The van der Waals surface area contributed by atoms with Crippen molar-refractivity contribution in [1.29, 1.82) is 0 Å². The van der Waals surface area contributed by atoms with E-state index < -0.39 is 39.1 Å². The lowest BCUT2D eigenvalue weighted by Crippen LogP contribution is -2.48. The maximum absolute atomic E-state index is 12.3. The van der Waals surface area contributed by atoms with Crippen LogP contribution >= 0.6 is 11.8 Å². The Morgan fingerprint density at radius 1 is 1.45 bits per heavy atom. The van der Waals surface area contributed by atoms with E-state index in [-0.39, 0.29) is 18.3 Å². The molecular weight excluding hydrogens is 306 g/mol. The molecule has 1 saturated heterocycles. The first-order valence-corrected chi connectivity index (χ1v) is 8.87. The number of nitrogens with zero attached hydrogens (tertiary/aromatic N) is 1. The van der Waals surface area contributed by atoms with Gasteiger partial charge in [-0.3, -0.25) is 9.59 Å². The average molecular weight is 325 g/mol. The molecule has 2 atom stereocenters. The summed E-state index contributed by atoms with van der Waals surface area (Å²) in [6.07, 6.45) is 0. The minimum Gasteiger partial charge on any atom is -0.480 e. The number of carboxylic acids is 1. The number of hydrogen-bond donors (Lipinski definition) is 1. The molecule has 0 aromatic rings. The summed E-state index contributed by atoms with van der Waals surface area (Å²) in [6, 6.07) is -1.13. The van der Waals surface area contributed by atoms with Crippen molar-refractivity contribution in [1.82, 2.24) is 4.31 Å². The third-order valence-corrected chi connectivity index (χ3v) is 6.24. The minimum absolute atomic E-state index is 0.0543. The number of aliphatic carboxylic acids is 1. The van der Waals surface area contributed by atoms with Crippen LogP contribution in [-0.4, -0.2) is 59.3 Å². The van der Waals surface area contributed by atoms with Crippen molar-refractivity contribution >= 4 is 33.7 Å². The number of carboxylic acid groups (broad SMARTS) is 1. The van der Waals surface area contributed by atoms with Gasteiger partial charge in [0, 0.05) is 5.75 Å². The fourth-order valence-corrected chi connectivity index (χ4v) is 5.63. The molecule has 1 rings (SSSR count). The molecule has 1 aliphatic rings. The fraction of sp³-hybridized carbons (Fsp3) is 0.818. The van der Waals surface area contributed by atoms with Crippen molar-refractivity contribution in [3.05, 3.63) is 0 Å². The largest absolute Gasteiger partial charge is 0.480 e. The normalized spacial score (nSPS) is 24.0. The number of rotatable bonds is 6. The van der Waals surface area contributed by atoms with Crippen molar-refractivity contribution in [2.24, 2.45) is 5.92 Å². The Labute approximate surface area is 122 Å². The maximum Gasteiger partial charge on any atom is 0.322 e. The lowest BCUT2D eigenvalue weighted by atomic mass is 10.2. The first-order chi connectivity index (χ1) is 9.20. The highest BCUT2D eigenvalue weighted by molar-refractivity contribution is 8.01. The molecule has 7 nitrogen and oxygen atoms in total. The standard InChI is InChI=1S/C11H19NO6S2/c1-4-18-9(13)6-20(16,17)12-8(11(14)15)5-19-10(12)7(2)3/h7-8,10H,4-6H2,1-3H3,(H,14,15). The summed E-state index contributed by atoms with van der Waals surface area (Å²) < 4.78 is 30.2. The van der Waals surface area contributed by atoms with E-state index in [1.54, 1.807) is 6.92 Å². The van der Waals surface area contributed by atoms with Crippen LogP contribution in [0.2, 0.25) is 0 Å².